The SMILES string of the molecule is O=c1ccc2ccccc2n1N=S(=O)=O. The van der Waals surface area contributed by atoms with Gasteiger partial charge in [-0.15, -0.1) is 0 Å². The van der Waals surface area contributed by atoms with E-state index in [0.717, 1.165) is 10.1 Å². The second kappa shape index (κ2) is 3.66. The first-order valence-corrected chi connectivity index (χ1v) is 5.14. The molecule has 1 aromatic carbocycles. The number of fused-ring (bicyclic) bond motifs is 1. The summed E-state index contributed by atoms with van der Waals surface area (Å²) < 4.78 is 24.9. The van der Waals surface area contributed by atoms with Crippen molar-refractivity contribution in [2.24, 2.45) is 4.47 Å². The monoisotopic (exact) mass is 222 g/mol. The van der Waals surface area contributed by atoms with Crippen LogP contribution in [-0.4, -0.2) is 13.1 Å². The summed E-state index contributed by atoms with van der Waals surface area (Å²) in [5.41, 5.74) is -0.00731. The van der Waals surface area contributed by atoms with Crippen molar-refractivity contribution in [3.63, 3.8) is 0 Å². The number of benzene rings is 1. The lowest BCUT2D eigenvalue weighted by molar-refractivity contribution is 0.616. The molecule has 0 atom stereocenters. The highest BCUT2D eigenvalue weighted by Crippen LogP contribution is 2.10. The third-order valence-electron chi connectivity index (χ3n) is 1.93. The van der Waals surface area contributed by atoms with Crippen LogP contribution in [0.25, 0.3) is 10.9 Å². The zero-order chi connectivity index (χ0) is 10.8. The van der Waals surface area contributed by atoms with E-state index in [1.807, 2.05) is 0 Å². The molecule has 1 heterocycles. The van der Waals surface area contributed by atoms with Gasteiger partial charge in [0, 0.05) is 11.5 Å². The maximum absolute atomic E-state index is 11.4. The van der Waals surface area contributed by atoms with Crippen molar-refractivity contribution in [3.05, 3.63) is 46.8 Å². The molecule has 0 spiro atoms. The Morgan fingerprint density at radius 2 is 1.80 bits per heavy atom. The fourth-order valence-corrected chi connectivity index (χ4v) is 1.62. The number of aromatic nitrogens is 1. The maximum atomic E-state index is 11.4. The van der Waals surface area contributed by atoms with Crippen LogP contribution in [0.5, 0.6) is 0 Å². The molecule has 0 saturated carbocycles. The van der Waals surface area contributed by atoms with Crippen molar-refractivity contribution in [3.8, 4) is 0 Å². The summed E-state index contributed by atoms with van der Waals surface area (Å²) in [5.74, 6) is 0. The van der Waals surface area contributed by atoms with Gasteiger partial charge in [0.2, 0.25) is 0 Å². The average molecular weight is 222 g/mol. The Balaban J connectivity index is 2.98. The third kappa shape index (κ3) is 1.79. The predicted molar refractivity (Wildman–Crippen MR) is 55.0 cm³/mol. The van der Waals surface area contributed by atoms with Crippen molar-refractivity contribution in [1.82, 2.24) is 4.68 Å². The lowest BCUT2D eigenvalue weighted by Crippen LogP contribution is -2.14. The van der Waals surface area contributed by atoms with Gasteiger partial charge in [0.05, 0.1) is 5.52 Å². The number of pyridine rings is 1. The Kier molecular flexibility index (Phi) is 2.34. The maximum Gasteiger partial charge on any atom is 0.333 e. The first-order chi connectivity index (χ1) is 7.18. The van der Waals surface area contributed by atoms with Crippen LogP contribution < -0.4 is 5.56 Å². The van der Waals surface area contributed by atoms with E-state index in [4.69, 9.17) is 0 Å². The Morgan fingerprint density at radius 1 is 1.07 bits per heavy atom. The van der Waals surface area contributed by atoms with E-state index in [2.05, 4.69) is 4.47 Å². The van der Waals surface area contributed by atoms with Crippen molar-refractivity contribution < 1.29 is 8.42 Å². The molecule has 0 aliphatic carbocycles. The Hall–Kier alpha value is -1.95. The predicted octanol–water partition coefficient (Wildman–Crippen LogP) is 0.827. The van der Waals surface area contributed by atoms with Crippen molar-refractivity contribution in [2.75, 3.05) is 0 Å². The van der Waals surface area contributed by atoms with Crippen LogP contribution in [0.4, 0.5) is 0 Å². The molecule has 2 rings (SSSR count). The molecule has 76 valence electrons. The second-order valence-electron chi connectivity index (χ2n) is 2.84. The molecule has 0 fully saturated rings. The number of hydrogen-bond acceptors (Lipinski definition) is 4. The minimum absolute atomic E-state index is 0.467. The van der Waals surface area contributed by atoms with E-state index < -0.39 is 16.1 Å². The molecule has 0 aliphatic heterocycles. The van der Waals surface area contributed by atoms with Crippen molar-refractivity contribution in [2.45, 2.75) is 0 Å². The molecule has 0 saturated heterocycles. The van der Waals surface area contributed by atoms with Gasteiger partial charge in [-0.2, -0.15) is 13.1 Å². The van der Waals surface area contributed by atoms with E-state index in [-0.39, 0.29) is 0 Å². The van der Waals surface area contributed by atoms with Gasteiger partial charge in [-0.05, 0) is 16.6 Å². The fourth-order valence-electron chi connectivity index (χ4n) is 1.32. The lowest BCUT2D eigenvalue weighted by atomic mass is 10.2. The van der Waals surface area contributed by atoms with Gasteiger partial charge in [0.1, 0.15) is 0 Å². The van der Waals surface area contributed by atoms with Crippen molar-refractivity contribution >= 4 is 21.4 Å². The van der Waals surface area contributed by atoms with Gasteiger partial charge in [-0.3, -0.25) is 4.79 Å². The topological polar surface area (TPSA) is 68.5 Å². The standard InChI is InChI=1S/C9H6N2O3S/c12-9-6-5-7-3-1-2-4-8(7)11(9)10-15(13)14/h1-6H. The molecule has 0 unspecified atom stereocenters. The number of hydrogen-bond donors (Lipinski definition) is 0. The highest BCUT2D eigenvalue weighted by Gasteiger charge is 2.00. The average Bonchev–Trinajstić information content (AvgIpc) is 2.22. The van der Waals surface area contributed by atoms with Crippen LogP contribution in [0.3, 0.4) is 0 Å². The largest absolute Gasteiger partial charge is 0.333 e. The summed E-state index contributed by atoms with van der Waals surface area (Å²) in [6.45, 7) is 0. The minimum Gasteiger partial charge on any atom is -0.267 e. The normalized spacial score (nSPS) is 10.1. The highest BCUT2D eigenvalue weighted by molar-refractivity contribution is 7.61. The molecule has 2 aromatic rings. The van der Waals surface area contributed by atoms with Crippen molar-refractivity contribution in [1.29, 1.82) is 0 Å². The summed E-state index contributed by atoms with van der Waals surface area (Å²) in [6, 6.07) is 9.81. The van der Waals surface area contributed by atoms with Crippen LogP contribution in [0, 0.1) is 0 Å². The summed E-state index contributed by atoms with van der Waals surface area (Å²) in [7, 11) is -2.64. The number of rotatable bonds is 1. The van der Waals surface area contributed by atoms with E-state index in [9.17, 15) is 13.2 Å². The van der Waals surface area contributed by atoms with Gasteiger partial charge >= 0.3 is 10.5 Å². The van der Waals surface area contributed by atoms with Gasteiger partial charge in [-0.25, -0.2) is 0 Å². The summed E-state index contributed by atoms with van der Waals surface area (Å²) in [6.07, 6.45) is 0. The second-order valence-corrected chi connectivity index (χ2v) is 3.44. The zero-order valence-electron chi connectivity index (χ0n) is 7.49. The Labute approximate surface area is 86.3 Å². The third-order valence-corrected chi connectivity index (χ3v) is 2.22. The van der Waals surface area contributed by atoms with Gasteiger partial charge in [0.25, 0.3) is 5.56 Å². The van der Waals surface area contributed by atoms with Crippen LogP contribution in [0.1, 0.15) is 0 Å². The molecule has 0 N–H and O–H groups in total. The summed E-state index contributed by atoms with van der Waals surface area (Å²) in [5, 5.41) is 0.756. The lowest BCUT2D eigenvalue weighted by Gasteiger charge is -2.00. The molecule has 5 nitrogen and oxygen atoms in total. The van der Waals surface area contributed by atoms with E-state index >= 15 is 0 Å². The molecular formula is C9H6N2O3S. The van der Waals surface area contributed by atoms with E-state index in [1.54, 1.807) is 30.3 Å². The summed E-state index contributed by atoms with van der Waals surface area (Å²) in [4.78, 5) is 11.4. The smallest absolute Gasteiger partial charge is 0.267 e. The Bertz CT molecular complexity index is 693. The molecule has 6 heteroatoms. The molecule has 0 aliphatic rings. The molecular weight excluding hydrogens is 216 g/mol. The fraction of sp³-hybridized carbons (Fsp3) is 0. The highest BCUT2D eigenvalue weighted by atomic mass is 32.2. The van der Waals surface area contributed by atoms with Crippen LogP contribution >= 0.6 is 0 Å². The van der Waals surface area contributed by atoms with E-state index in [1.165, 1.54) is 6.07 Å². The van der Waals surface area contributed by atoms with E-state index in [0.29, 0.717) is 5.52 Å². The van der Waals surface area contributed by atoms with Gasteiger partial charge < -0.3 is 0 Å². The van der Waals surface area contributed by atoms with Crippen LogP contribution in [0.2, 0.25) is 0 Å². The zero-order valence-corrected chi connectivity index (χ0v) is 8.31. The molecule has 0 bridgehead atoms. The van der Waals surface area contributed by atoms with Crippen LogP contribution in [0.15, 0.2) is 45.7 Å². The summed E-state index contributed by atoms with van der Waals surface area (Å²) >= 11 is 0. The van der Waals surface area contributed by atoms with Gasteiger partial charge in [-0.1, -0.05) is 18.2 Å². The molecule has 0 radical (unpaired) electrons. The number of para-hydroxylation sites is 1. The molecule has 0 amide bonds. The Morgan fingerprint density at radius 3 is 2.53 bits per heavy atom. The quantitative estimate of drug-likeness (QED) is 0.717. The first kappa shape index (κ1) is 9.60. The molecule has 1 aromatic heterocycles. The van der Waals surface area contributed by atoms with Gasteiger partial charge in [0.15, 0.2) is 0 Å². The number of nitrogens with zero attached hydrogens (tertiary/aromatic N) is 2. The first-order valence-electron chi connectivity index (χ1n) is 4.11. The minimum atomic E-state index is -2.64. The van der Waals surface area contributed by atoms with Crippen LogP contribution in [-0.2, 0) is 10.5 Å². The molecule has 15 heavy (non-hydrogen) atoms.